The second-order valence-electron chi connectivity index (χ2n) is 6.88. The number of carbonyl (C=O) groups is 1. The molecule has 0 aromatic carbocycles. The summed E-state index contributed by atoms with van der Waals surface area (Å²) >= 11 is 0. The fourth-order valence-electron chi connectivity index (χ4n) is 4.10. The predicted octanol–water partition coefficient (Wildman–Crippen LogP) is 1.69. The molecule has 5 nitrogen and oxygen atoms in total. The van der Waals surface area contributed by atoms with Gasteiger partial charge in [0, 0.05) is 37.4 Å². The predicted molar refractivity (Wildman–Crippen MR) is 86.1 cm³/mol. The molecule has 4 rings (SSSR count). The van der Waals surface area contributed by atoms with Gasteiger partial charge < -0.3 is 15.5 Å². The monoisotopic (exact) mass is 300 g/mol. The van der Waals surface area contributed by atoms with E-state index in [-0.39, 0.29) is 5.91 Å². The molecular weight excluding hydrogens is 276 g/mol. The number of piperidine rings is 1. The van der Waals surface area contributed by atoms with Gasteiger partial charge in [-0.3, -0.25) is 4.79 Å². The zero-order chi connectivity index (χ0) is 14.9. The van der Waals surface area contributed by atoms with Crippen LogP contribution in [0, 0.1) is 0 Å². The highest BCUT2D eigenvalue weighted by molar-refractivity contribution is 5.94. The van der Waals surface area contributed by atoms with Gasteiger partial charge in [-0.25, -0.2) is 4.98 Å². The van der Waals surface area contributed by atoms with E-state index in [0.717, 1.165) is 31.7 Å². The number of rotatable bonds is 3. The molecule has 0 aliphatic carbocycles. The summed E-state index contributed by atoms with van der Waals surface area (Å²) < 4.78 is 0. The van der Waals surface area contributed by atoms with Crippen LogP contribution < -0.4 is 15.5 Å². The molecule has 22 heavy (non-hydrogen) atoms. The Kier molecular flexibility index (Phi) is 3.74. The Morgan fingerprint density at radius 2 is 1.91 bits per heavy atom. The van der Waals surface area contributed by atoms with Gasteiger partial charge in [-0.05, 0) is 50.7 Å². The van der Waals surface area contributed by atoms with Crippen LogP contribution in [0.5, 0.6) is 0 Å². The summed E-state index contributed by atoms with van der Waals surface area (Å²) in [5.41, 5.74) is 0.675. The first-order valence-electron chi connectivity index (χ1n) is 8.56. The highest BCUT2D eigenvalue weighted by atomic mass is 16.1. The van der Waals surface area contributed by atoms with Crippen LogP contribution in [-0.4, -0.2) is 42.1 Å². The van der Waals surface area contributed by atoms with Crippen molar-refractivity contribution in [3.05, 3.63) is 23.9 Å². The van der Waals surface area contributed by atoms with Crippen LogP contribution in [0.2, 0.25) is 0 Å². The number of nitrogens with one attached hydrogen (secondary N) is 2. The maximum absolute atomic E-state index is 12.4. The van der Waals surface area contributed by atoms with Crippen molar-refractivity contribution < 1.29 is 4.79 Å². The van der Waals surface area contributed by atoms with E-state index in [4.69, 9.17) is 0 Å². The SMILES string of the molecule is O=C(NC1CC2CCC(C1)N2)c1ccc(N2CCCC2)nc1. The Bertz CT molecular complexity index is 526. The van der Waals surface area contributed by atoms with Crippen molar-refractivity contribution in [3.63, 3.8) is 0 Å². The molecule has 4 heterocycles. The van der Waals surface area contributed by atoms with Gasteiger partial charge in [0.25, 0.3) is 5.91 Å². The van der Waals surface area contributed by atoms with E-state index in [1.54, 1.807) is 6.20 Å². The first-order valence-corrected chi connectivity index (χ1v) is 8.56. The van der Waals surface area contributed by atoms with E-state index >= 15 is 0 Å². The van der Waals surface area contributed by atoms with Crippen molar-refractivity contribution in [3.8, 4) is 0 Å². The van der Waals surface area contributed by atoms with Crippen molar-refractivity contribution >= 4 is 11.7 Å². The van der Waals surface area contributed by atoms with Crippen LogP contribution in [0.25, 0.3) is 0 Å². The molecule has 5 heteroatoms. The molecule has 1 amide bonds. The molecule has 2 N–H and O–H groups in total. The summed E-state index contributed by atoms with van der Waals surface area (Å²) in [4.78, 5) is 19.1. The van der Waals surface area contributed by atoms with Gasteiger partial charge in [0.15, 0.2) is 0 Å². The van der Waals surface area contributed by atoms with Crippen LogP contribution in [0.4, 0.5) is 5.82 Å². The third-order valence-electron chi connectivity index (χ3n) is 5.25. The van der Waals surface area contributed by atoms with E-state index in [1.807, 2.05) is 12.1 Å². The number of anilines is 1. The molecular formula is C17H24N4O. The Morgan fingerprint density at radius 1 is 1.18 bits per heavy atom. The number of amides is 1. The Labute approximate surface area is 131 Å². The molecule has 3 aliphatic heterocycles. The van der Waals surface area contributed by atoms with Crippen molar-refractivity contribution in [2.24, 2.45) is 0 Å². The number of aromatic nitrogens is 1. The molecule has 0 spiro atoms. The minimum Gasteiger partial charge on any atom is -0.357 e. The summed E-state index contributed by atoms with van der Waals surface area (Å²) in [6.07, 6.45) is 8.82. The lowest BCUT2D eigenvalue weighted by Crippen LogP contribution is -2.48. The molecule has 1 aromatic rings. The summed E-state index contributed by atoms with van der Waals surface area (Å²) in [6.45, 7) is 2.16. The van der Waals surface area contributed by atoms with Crippen LogP contribution in [0.15, 0.2) is 18.3 Å². The third-order valence-corrected chi connectivity index (χ3v) is 5.25. The van der Waals surface area contributed by atoms with Crippen molar-refractivity contribution in [1.82, 2.24) is 15.6 Å². The zero-order valence-corrected chi connectivity index (χ0v) is 12.9. The number of hydrogen-bond donors (Lipinski definition) is 2. The summed E-state index contributed by atoms with van der Waals surface area (Å²) in [6, 6.07) is 5.39. The van der Waals surface area contributed by atoms with Crippen molar-refractivity contribution in [2.75, 3.05) is 18.0 Å². The second-order valence-corrected chi connectivity index (χ2v) is 6.88. The normalized spacial score (nSPS) is 30.5. The molecule has 3 fully saturated rings. The first-order chi connectivity index (χ1) is 10.8. The van der Waals surface area contributed by atoms with Crippen LogP contribution in [0.1, 0.15) is 48.9 Å². The Morgan fingerprint density at radius 3 is 2.55 bits per heavy atom. The van der Waals surface area contributed by atoms with Gasteiger partial charge in [0.2, 0.25) is 0 Å². The van der Waals surface area contributed by atoms with Crippen LogP contribution >= 0.6 is 0 Å². The van der Waals surface area contributed by atoms with Gasteiger partial charge in [-0.2, -0.15) is 0 Å². The van der Waals surface area contributed by atoms with Gasteiger partial charge in [0.05, 0.1) is 5.56 Å². The Hall–Kier alpha value is -1.62. The van der Waals surface area contributed by atoms with E-state index in [0.29, 0.717) is 23.7 Å². The lowest BCUT2D eigenvalue weighted by atomic mass is 9.99. The third kappa shape index (κ3) is 2.82. The zero-order valence-electron chi connectivity index (χ0n) is 12.9. The van der Waals surface area contributed by atoms with E-state index in [2.05, 4.69) is 20.5 Å². The average molecular weight is 300 g/mol. The van der Waals surface area contributed by atoms with Gasteiger partial charge >= 0.3 is 0 Å². The first kappa shape index (κ1) is 14.0. The molecule has 2 bridgehead atoms. The van der Waals surface area contributed by atoms with Crippen LogP contribution in [-0.2, 0) is 0 Å². The maximum atomic E-state index is 12.4. The lowest BCUT2D eigenvalue weighted by Gasteiger charge is -2.29. The minimum atomic E-state index is 0.0202. The molecule has 0 saturated carbocycles. The summed E-state index contributed by atoms with van der Waals surface area (Å²) in [5.74, 6) is 1.01. The molecule has 1 aromatic heterocycles. The topological polar surface area (TPSA) is 57.3 Å². The fourth-order valence-corrected chi connectivity index (χ4v) is 4.10. The smallest absolute Gasteiger partial charge is 0.253 e. The second kappa shape index (κ2) is 5.88. The summed E-state index contributed by atoms with van der Waals surface area (Å²) in [7, 11) is 0. The number of pyridine rings is 1. The van der Waals surface area contributed by atoms with Crippen LogP contribution in [0.3, 0.4) is 0 Å². The van der Waals surface area contributed by atoms with Gasteiger partial charge in [-0.1, -0.05) is 0 Å². The van der Waals surface area contributed by atoms with E-state index < -0.39 is 0 Å². The average Bonchev–Trinajstić information content (AvgIpc) is 3.17. The molecule has 2 unspecified atom stereocenters. The highest BCUT2D eigenvalue weighted by Gasteiger charge is 2.34. The van der Waals surface area contributed by atoms with Gasteiger partial charge in [-0.15, -0.1) is 0 Å². The highest BCUT2D eigenvalue weighted by Crippen LogP contribution is 2.27. The maximum Gasteiger partial charge on any atom is 0.253 e. The van der Waals surface area contributed by atoms with Crippen molar-refractivity contribution in [2.45, 2.75) is 56.7 Å². The molecule has 0 radical (unpaired) electrons. The minimum absolute atomic E-state index is 0.0202. The van der Waals surface area contributed by atoms with Crippen molar-refractivity contribution in [1.29, 1.82) is 0 Å². The summed E-state index contributed by atoms with van der Waals surface area (Å²) in [5, 5.41) is 6.80. The quantitative estimate of drug-likeness (QED) is 0.892. The Balaban J connectivity index is 1.37. The molecule has 3 aliphatic rings. The number of hydrogen-bond acceptors (Lipinski definition) is 4. The van der Waals surface area contributed by atoms with Gasteiger partial charge in [0.1, 0.15) is 5.82 Å². The molecule has 2 atom stereocenters. The standard InChI is InChI=1S/C17H24N4O/c22-17(20-15-9-13-4-5-14(10-15)19-13)12-3-6-16(18-11-12)21-7-1-2-8-21/h3,6,11,13-15,19H,1-2,4-5,7-10H2,(H,20,22). The number of fused-ring (bicyclic) bond motifs is 2. The molecule has 118 valence electrons. The number of nitrogens with zero attached hydrogens (tertiary/aromatic N) is 2. The number of carbonyl (C=O) groups excluding carboxylic acids is 1. The molecule has 3 saturated heterocycles. The lowest BCUT2D eigenvalue weighted by molar-refractivity contribution is 0.0923. The largest absolute Gasteiger partial charge is 0.357 e. The van der Waals surface area contributed by atoms with E-state index in [9.17, 15) is 4.79 Å². The van der Waals surface area contributed by atoms with E-state index in [1.165, 1.54) is 25.7 Å². The fraction of sp³-hybridized carbons (Fsp3) is 0.647.